The number of halogens is 2. The Kier molecular flexibility index (Phi) is 7.61. The lowest BCUT2D eigenvalue weighted by atomic mass is 9.86. The molecule has 9 heteroatoms. The van der Waals surface area contributed by atoms with E-state index in [-0.39, 0.29) is 11.2 Å². The maximum absolute atomic E-state index is 14.6. The topological polar surface area (TPSA) is 77.3 Å². The summed E-state index contributed by atoms with van der Waals surface area (Å²) in [6, 6.07) is 18.7. The van der Waals surface area contributed by atoms with Crippen LogP contribution in [0.3, 0.4) is 0 Å². The van der Waals surface area contributed by atoms with Crippen molar-refractivity contribution in [3.63, 3.8) is 0 Å². The number of aromatic nitrogens is 2. The van der Waals surface area contributed by atoms with Crippen molar-refractivity contribution in [2.45, 2.75) is 38.1 Å². The highest BCUT2D eigenvalue weighted by Crippen LogP contribution is 2.48. The number of nitrogens with zero attached hydrogens (tertiary/aromatic N) is 5. The third-order valence-corrected chi connectivity index (χ3v) is 9.59. The molecule has 2 aliphatic heterocycles. The molecule has 7 rings (SSSR count). The van der Waals surface area contributed by atoms with E-state index in [9.17, 15) is 9.65 Å². The van der Waals surface area contributed by atoms with Crippen LogP contribution in [-0.4, -0.2) is 48.1 Å². The van der Waals surface area contributed by atoms with Gasteiger partial charge in [0.15, 0.2) is 11.6 Å². The van der Waals surface area contributed by atoms with Crippen LogP contribution in [0.25, 0.3) is 11.1 Å². The van der Waals surface area contributed by atoms with Crippen molar-refractivity contribution >= 4 is 23.1 Å². The largest absolute Gasteiger partial charge is 0.451 e. The van der Waals surface area contributed by atoms with Crippen LogP contribution in [0.15, 0.2) is 67.1 Å². The van der Waals surface area contributed by atoms with Gasteiger partial charge in [-0.2, -0.15) is 5.26 Å². The van der Waals surface area contributed by atoms with Gasteiger partial charge in [0.2, 0.25) is 0 Å². The molecule has 7 nitrogen and oxygen atoms in total. The van der Waals surface area contributed by atoms with Gasteiger partial charge in [-0.15, -0.1) is 0 Å². The zero-order valence-electron chi connectivity index (χ0n) is 24.7. The van der Waals surface area contributed by atoms with Crippen LogP contribution in [0.5, 0.6) is 11.5 Å². The molecule has 1 N–H and O–H groups in total. The van der Waals surface area contributed by atoms with E-state index >= 15 is 0 Å². The molecular weight excluding hydrogens is 575 g/mol. The van der Waals surface area contributed by atoms with E-state index in [1.54, 1.807) is 24.7 Å². The molecule has 44 heavy (non-hydrogen) atoms. The highest BCUT2D eigenvalue weighted by molar-refractivity contribution is 6.33. The van der Waals surface area contributed by atoms with Crippen molar-refractivity contribution in [1.82, 2.24) is 14.9 Å². The molecule has 3 aliphatic rings. The van der Waals surface area contributed by atoms with Gasteiger partial charge in [-0.25, -0.2) is 14.4 Å². The smallest absolute Gasteiger partial charge is 0.188 e. The number of likely N-dealkylation sites (tertiary alicyclic amines) is 1. The molecule has 3 aromatic carbocycles. The molecule has 1 saturated carbocycles. The molecule has 0 bridgehead atoms. The Morgan fingerprint density at radius 3 is 2.70 bits per heavy atom. The second kappa shape index (κ2) is 11.7. The summed E-state index contributed by atoms with van der Waals surface area (Å²) in [5.74, 6) is 1.88. The quantitative estimate of drug-likeness (QED) is 0.220. The van der Waals surface area contributed by atoms with E-state index in [1.165, 1.54) is 17.7 Å². The number of hydrogen-bond donors (Lipinski definition) is 1. The van der Waals surface area contributed by atoms with Crippen molar-refractivity contribution in [3.05, 3.63) is 94.7 Å². The summed E-state index contributed by atoms with van der Waals surface area (Å²) in [6.45, 7) is 4.69. The number of hydrogen-bond acceptors (Lipinski definition) is 7. The van der Waals surface area contributed by atoms with Crippen LogP contribution in [0.2, 0.25) is 5.02 Å². The van der Waals surface area contributed by atoms with Gasteiger partial charge in [0.1, 0.15) is 17.9 Å². The van der Waals surface area contributed by atoms with Gasteiger partial charge in [0, 0.05) is 44.2 Å². The third kappa shape index (κ3) is 5.70. The van der Waals surface area contributed by atoms with Gasteiger partial charge in [-0.3, -0.25) is 4.90 Å². The van der Waals surface area contributed by atoms with Gasteiger partial charge in [0.05, 0.1) is 28.5 Å². The number of ether oxygens (including phenoxy) is 1. The maximum Gasteiger partial charge on any atom is 0.188 e. The Labute approximate surface area is 262 Å². The lowest BCUT2D eigenvalue weighted by molar-refractivity contribution is 0.270. The first-order chi connectivity index (χ1) is 21.4. The molecule has 0 amide bonds. The SMILES string of the molecule is CNc1ccc(CN2CCC3(CCN(c4ncncc4Oc4ccc(F)cc4-c4ccc(C#N)cc4C4CC4)C3)C2)cc1Cl. The summed E-state index contributed by atoms with van der Waals surface area (Å²) in [4.78, 5) is 13.8. The Hall–Kier alpha value is -4.19. The number of rotatable bonds is 8. The van der Waals surface area contributed by atoms with Crippen LogP contribution >= 0.6 is 11.6 Å². The molecule has 1 aliphatic carbocycles. The predicted octanol–water partition coefficient (Wildman–Crippen LogP) is 7.62. The average molecular weight is 609 g/mol. The standard InChI is InChI=1S/C35H34ClFN6O/c1-39-31-8-3-24(15-30(31)36)19-42-12-10-35(20-42)11-13-43(21-35)34-33(18-40-22-41-34)44-32-9-6-26(37)16-29(32)27-7-2-23(17-38)14-28(27)25-4-5-25/h2-3,6-9,14-16,18,22,25,39H,4-5,10-13,19-21H2,1H3. The van der Waals surface area contributed by atoms with Crippen LogP contribution in [0, 0.1) is 22.6 Å². The summed E-state index contributed by atoms with van der Waals surface area (Å²) in [5.41, 5.74) is 5.57. The lowest BCUT2D eigenvalue weighted by Crippen LogP contribution is -2.31. The van der Waals surface area contributed by atoms with Crippen molar-refractivity contribution in [3.8, 4) is 28.7 Å². The molecule has 1 spiro atoms. The van der Waals surface area contributed by atoms with Gasteiger partial charge in [-0.05, 0) is 97.3 Å². The van der Waals surface area contributed by atoms with Crippen molar-refractivity contribution < 1.29 is 9.13 Å². The first-order valence-electron chi connectivity index (χ1n) is 15.2. The van der Waals surface area contributed by atoms with E-state index in [2.05, 4.69) is 43.3 Å². The van der Waals surface area contributed by atoms with Crippen LogP contribution in [0.1, 0.15) is 48.3 Å². The van der Waals surface area contributed by atoms with Crippen LogP contribution < -0.4 is 15.0 Å². The van der Waals surface area contributed by atoms with E-state index in [0.29, 0.717) is 28.5 Å². The van der Waals surface area contributed by atoms with Gasteiger partial charge in [-0.1, -0.05) is 23.7 Å². The minimum absolute atomic E-state index is 0.180. The summed E-state index contributed by atoms with van der Waals surface area (Å²) < 4.78 is 21.2. The fourth-order valence-corrected chi connectivity index (χ4v) is 7.18. The minimum atomic E-state index is -0.337. The van der Waals surface area contributed by atoms with Crippen LogP contribution in [0.4, 0.5) is 15.9 Å². The Bertz CT molecular complexity index is 1750. The molecule has 1 aromatic heterocycles. The average Bonchev–Trinajstić information content (AvgIpc) is 3.70. The van der Waals surface area contributed by atoms with Crippen LogP contribution in [-0.2, 0) is 6.54 Å². The van der Waals surface area contributed by atoms with Gasteiger partial charge >= 0.3 is 0 Å². The predicted molar refractivity (Wildman–Crippen MR) is 171 cm³/mol. The Morgan fingerprint density at radius 1 is 1.05 bits per heavy atom. The molecule has 0 radical (unpaired) electrons. The zero-order valence-corrected chi connectivity index (χ0v) is 25.4. The first kappa shape index (κ1) is 28.6. The number of anilines is 2. The molecule has 3 heterocycles. The van der Waals surface area contributed by atoms with E-state index in [1.807, 2.05) is 25.2 Å². The lowest BCUT2D eigenvalue weighted by Gasteiger charge is -2.26. The zero-order chi connectivity index (χ0) is 30.3. The maximum atomic E-state index is 14.6. The summed E-state index contributed by atoms with van der Waals surface area (Å²) >= 11 is 6.44. The van der Waals surface area contributed by atoms with Gasteiger partial charge in [0.25, 0.3) is 0 Å². The van der Waals surface area contributed by atoms with E-state index in [4.69, 9.17) is 16.3 Å². The molecule has 1 unspecified atom stereocenters. The second-order valence-electron chi connectivity index (χ2n) is 12.3. The molecule has 3 fully saturated rings. The van der Waals surface area contributed by atoms with Crippen molar-refractivity contribution in [1.29, 1.82) is 5.26 Å². The first-order valence-corrected chi connectivity index (χ1v) is 15.6. The highest BCUT2D eigenvalue weighted by Gasteiger charge is 2.44. The Balaban J connectivity index is 1.11. The Morgan fingerprint density at radius 2 is 1.91 bits per heavy atom. The summed E-state index contributed by atoms with van der Waals surface area (Å²) in [6.07, 6.45) is 7.58. The fraction of sp³-hybridized carbons (Fsp3) is 0.343. The highest BCUT2D eigenvalue weighted by atomic mass is 35.5. The monoisotopic (exact) mass is 608 g/mol. The normalized spacial score (nSPS) is 19.8. The number of nitriles is 1. The van der Waals surface area contributed by atoms with E-state index < -0.39 is 0 Å². The summed E-state index contributed by atoms with van der Waals surface area (Å²) in [7, 11) is 1.88. The van der Waals surface area contributed by atoms with Crippen molar-refractivity contribution in [2.75, 3.05) is 43.4 Å². The number of benzene rings is 3. The molecule has 4 aromatic rings. The van der Waals surface area contributed by atoms with Gasteiger partial charge < -0.3 is 15.0 Å². The van der Waals surface area contributed by atoms with Crippen molar-refractivity contribution in [2.24, 2.45) is 5.41 Å². The third-order valence-electron chi connectivity index (χ3n) is 9.27. The summed E-state index contributed by atoms with van der Waals surface area (Å²) in [5, 5.41) is 13.3. The minimum Gasteiger partial charge on any atom is -0.451 e. The molecular formula is C35H34ClFN6O. The molecule has 1 atom stereocenters. The van der Waals surface area contributed by atoms with E-state index in [0.717, 1.165) is 86.1 Å². The molecule has 2 saturated heterocycles. The fourth-order valence-electron chi connectivity index (χ4n) is 6.88. The second-order valence-corrected chi connectivity index (χ2v) is 12.7. The molecule has 224 valence electrons. The number of nitrogens with one attached hydrogen (secondary N) is 1.